The van der Waals surface area contributed by atoms with Crippen molar-refractivity contribution in [3.05, 3.63) is 24.3 Å². The van der Waals surface area contributed by atoms with Crippen LogP contribution < -0.4 is 21.3 Å². The van der Waals surface area contributed by atoms with Gasteiger partial charge in [0.2, 0.25) is 17.7 Å². The Balaban J connectivity index is 2.38. The van der Waals surface area contributed by atoms with E-state index in [2.05, 4.69) is 10.6 Å². The van der Waals surface area contributed by atoms with Gasteiger partial charge in [0.15, 0.2) is 0 Å². The molecule has 1 aliphatic heterocycles. The van der Waals surface area contributed by atoms with Crippen molar-refractivity contribution >= 4 is 29.1 Å². The summed E-state index contributed by atoms with van der Waals surface area (Å²) in [5.74, 6) is -2.42. The number of fused-ring (bicyclic) bond motifs is 1. The lowest BCUT2D eigenvalue weighted by atomic mass is 9.90. The normalized spacial score (nSPS) is 19.2. The van der Waals surface area contributed by atoms with E-state index in [0.29, 0.717) is 11.3 Å². The van der Waals surface area contributed by atoms with Gasteiger partial charge in [-0.05, 0) is 31.4 Å². The molecule has 2 unspecified atom stereocenters. The minimum absolute atomic E-state index is 0.0544. The number of nitrogens with one attached hydrogen (secondary N) is 2. The molecule has 10 heteroatoms. The number of hydrogen-bond donors (Lipinski definition) is 3. The van der Waals surface area contributed by atoms with Gasteiger partial charge in [-0.1, -0.05) is 26.0 Å². The van der Waals surface area contributed by atoms with Gasteiger partial charge in [-0.25, -0.2) is 0 Å². The summed E-state index contributed by atoms with van der Waals surface area (Å²) in [7, 11) is 0. The van der Waals surface area contributed by atoms with E-state index in [0.717, 1.165) is 0 Å². The number of nitrogens with zero attached hydrogens (tertiary/aromatic N) is 1. The zero-order valence-electron chi connectivity index (χ0n) is 16.5. The molecule has 1 aliphatic rings. The molecular weight excluding hydrogens is 389 g/mol. The third-order valence-corrected chi connectivity index (χ3v) is 4.76. The highest BCUT2D eigenvalue weighted by Gasteiger charge is 2.49. The van der Waals surface area contributed by atoms with Crippen molar-refractivity contribution in [3.8, 4) is 0 Å². The first-order valence-corrected chi connectivity index (χ1v) is 9.17. The smallest absolute Gasteiger partial charge is 0.368 e. The molecule has 0 aliphatic carbocycles. The second-order valence-corrected chi connectivity index (χ2v) is 7.74. The van der Waals surface area contributed by atoms with Crippen LogP contribution in [0, 0.1) is 5.92 Å². The largest absolute Gasteiger partial charge is 0.409 e. The van der Waals surface area contributed by atoms with Crippen LogP contribution in [0.5, 0.6) is 0 Å². The van der Waals surface area contributed by atoms with Crippen molar-refractivity contribution in [1.82, 2.24) is 5.32 Å². The maximum Gasteiger partial charge on any atom is 0.409 e. The molecule has 0 fully saturated rings. The number of nitrogens with two attached hydrogens (primary N) is 1. The average Bonchev–Trinajstić information content (AvgIpc) is 2.74. The monoisotopic (exact) mass is 414 g/mol. The molecule has 0 radical (unpaired) electrons. The molecular formula is C19H25F3N4O3. The van der Waals surface area contributed by atoms with Gasteiger partial charge < -0.3 is 11.1 Å². The average molecular weight is 414 g/mol. The molecule has 29 heavy (non-hydrogen) atoms. The molecule has 1 heterocycles. The first-order valence-electron chi connectivity index (χ1n) is 9.17. The first kappa shape index (κ1) is 22.7. The molecule has 0 aromatic heterocycles. The molecule has 160 valence electrons. The van der Waals surface area contributed by atoms with E-state index < -0.39 is 48.4 Å². The van der Waals surface area contributed by atoms with Crippen LogP contribution in [0.15, 0.2) is 24.3 Å². The highest BCUT2D eigenvalue weighted by Crippen LogP contribution is 2.37. The molecule has 1 aromatic carbocycles. The lowest BCUT2D eigenvalue weighted by molar-refractivity contribution is -0.157. The van der Waals surface area contributed by atoms with E-state index in [1.165, 1.54) is 25.1 Å². The van der Waals surface area contributed by atoms with Gasteiger partial charge in [-0.3, -0.25) is 24.6 Å². The number of primary amides is 1. The summed E-state index contributed by atoms with van der Waals surface area (Å²) in [5.41, 5.74) is 4.22. The van der Waals surface area contributed by atoms with Gasteiger partial charge >= 0.3 is 6.18 Å². The fraction of sp³-hybridized carbons (Fsp3) is 0.526. The summed E-state index contributed by atoms with van der Waals surface area (Å²) >= 11 is 0. The van der Waals surface area contributed by atoms with Crippen molar-refractivity contribution in [2.75, 3.05) is 16.8 Å². The summed E-state index contributed by atoms with van der Waals surface area (Å²) in [4.78, 5) is 37.3. The number of para-hydroxylation sites is 2. The Labute approximate surface area is 166 Å². The van der Waals surface area contributed by atoms with Gasteiger partial charge in [0.05, 0.1) is 29.9 Å². The first-order chi connectivity index (χ1) is 13.3. The number of halogens is 3. The molecule has 0 spiro atoms. The van der Waals surface area contributed by atoms with E-state index >= 15 is 0 Å². The topological polar surface area (TPSA) is 105 Å². The predicted octanol–water partition coefficient (Wildman–Crippen LogP) is 2.17. The van der Waals surface area contributed by atoms with Gasteiger partial charge in [0.25, 0.3) is 0 Å². The Morgan fingerprint density at radius 2 is 1.93 bits per heavy atom. The van der Waals surface area contributed by atoms with Crippen molar-refractivity contribution in [3.63, 3.8) is 0 Å². The Hall–Kier alpha value is -2.62. The molecule has 7 nitrogen and oxygen atoms in total. The lowest BCUT2D eigenvalue weighted by Gasteiger charge is -2.34. The highest BCUT2D eigenvalue weighted by molar-refractivity contribution is 6.05. The Bertz CT molecular complexity index is 797. The number of carbonyl (C=O) groups is 3. The SMILES string of the molecule is CC(C)CC(C)(NCC(=O)N1c2ccccc2NC(=O)CC1C(F)(F)F)C(N)=O. The Morgan fingerprint density at radius 3 is 2.48 bits per heavy atom. The quantitative estimate of drug-likeness (QED) is 0.664. The van der Waals surface area contributed by atoms with Gasteiger partial charge in [0.1, 0.15) is 6.04 Å². The standard InChI is InChI=1S/C19H25F3N4O3/c1-11(2)9-18(3,17(23)29)24-10-16(28)26-13-7-5-4-6-12(13)25-15(27)8-14(26)19(20,21)22/h4-7,11,14,24H,8-10H2,1-3H3,(H2,23,29)(H,25,27). The van der Waals surface area contributed by atoms with Crippen LogP contribution in [-0.2, 0) is 14.4 Å². The predicted molar refractivity (Wildman–Crippen MR) is 102 cm³/mol. The van der Waals surface area contributed by atoms with E-state index in [1.807, 2.05) is 13.8 Å². The Kier molecular flexibility index (Phi) is 6.56. The molecule has 1 aromatic rings. The van der Waals surface area contributed by atoms with Crippen LogP contribution in [-0.4, -0.2) is 42.0 Å². The van der Waals surface area contributed by atoms with Crippen LogP contribution in [0.4, 0.5) is 24.5 Å². The van der Waals surface area contributed by atoms with Crippen LogP contribution in [0.3, 0.4) is 0 Å². The highest BCUT2D eigenvalue weighted by atomic mass is 19.4. The maximum atomic E-state index is 13.7. The number of rotatable bonds is 6. The van der Waals surface area contributed by atoms with Crippen LogP contribution in [0.25, 0.3) is 0 Å². The fourth-order valence-electron chi connectivity index (χ4n) is 3.43. The number of carbonyl (C=O) groups excluding carboxylic acids is 3. The molecule has 0 bridgehead atoms. The molecule has 3 amide bonds. The minimum atomic E-state index is -4.82. The molecule has 0 saturated heterocycles. The zero-order valence-corrected chi connectivity index (χ0v) is 16.5. The summed E-state index contributed by atoms with van der Waals surface area (Å²) in [6.07, 6.45) is -5.45. The second kappa shape index (κ2) is 8.40. The third-order valence-electron chi connectivity index (χ3n) is 4.76. The van der Waals surface area contributed by atoms with E-state index in [-0.39, 0.29) is 17.3 Å². The molecule has 2 atom stereocenters. The Morgan fingerprint density at radius 1 is 1.31 bits per heavy atom. The maximum absolute atomic E-state index is 13.7. The zero-order chi connectivity index (χ0) is 22.0. The van der Waals surface area contributed by atoms with Crippen LogP contribution in [0.2, 0.25) is 0 Å². The van der Waals surface area contributed by atoms with Crippen LogP contribution in [0.1, 0.15) is 33.6 Å². The van der Waals surface area contributed by atoms with Crippen molar-refractivity contribution in [1.29, 1.82) is 0 Å². The number of alkyl halides is 3. The molecule has 0 saturated carbocycles. The van der Waals surface area contributed by atoms with Crippen molar-refractivity contribution in [2.45, 2.75) is 51.4 Å². The fourth-order valence-corrected chi connectivity index (χ4v) is 3.43. The number of hydrogen-bond acceptors (Lipinski definition) is 4. The summed E-state index contributed by atoms with van der Waals surface area (Å²) < 4.78 is 41.1. The van der Waals surface area contributed by atoms with E-state index in [9.17, 15) is 27.6 Å². The van der Waals surface area contributed by atoms with E-state index in [1.54, 1.807) is 6.07 Å². The second-order valence-electron chi connectivity index (χ2n) is 7.74. The minimum Gasteiger partial charge on any atom is -0.368 e. The number of anilines is 2. The summed E-state index contributed by atoms with van der Waals surface area (Å²) in [5, 5.41) is 5.12. The third kappa shape index (κ3) is 5.26. The van der Waals surface area contributed by atoms with Crippen molar-refractivity contribution < 1.29 is 27.6 Å². The number of benzene rings is 1. The van der Waals surface area contributed by atoms with Gasteiger partial charge in [0, 0.05) is 0 Å². The molecule has 4 N–H and O–H groups in total. The summed E-state index contributed by atoms with van der Waals surface area (Å²) in [6.45, 7) is 4.66. The lowest BCUT2D eigenvalue weighted by Crippen LogP contribution is -2.58. The van der Waals surface area contributed by atoms with Crippen LogP contribution >= 0.6 is 0 Å². The van der Waals surface area contributed by atoms with Gasteiger partial charge in [-0.2, -0.15) is 13.2 Å². The van der Waals surface area contributed by atoms with E-state index in [4.69, 9.17) is 5.73 Å². The van der Waals surface area contributed by atoms with Gasteiger partial charge in [-0.15, -0.1) is 0 Å². The summed E-state index contributed by atoms with van der Waals surface area (Å²) in [6, 6.07) is 3.44. The number of amides is 3. The molecule has 2 rings (SSSR count). The van der Waals surface area contributed by atoms with Crippen molar-refractivity contribution in [2.24, 2.45) is 11.7 Å².